The van der Waals surface area contributed by atoms with Crippen molar-refractivity contribution < 1.29 is 4.74 Å². The first-order valence-electron chi connectivity index (χ1n) is 6.10. The molecule has 1 atom stereocenters. The normalized spacial score (nSPS) is 12.5. The van der Waals surface area contributed by atoms with Crippen molar-refractivity contribution in [2.24, 2.45) is 11.7 Å². The number of rotatable bonds is 6. The lowest BCUT2D eigenvalue weighted by Gasteiger charge is -2.16. The van der Waals surface area contributed by atoms with Gasteiger partial charge in [0.2, 0.25) is 0 Å². The van der Waals surface area contributed by atoms with Crippen molar-refractivity contribution in [1.29, 1.82) is 0 Å². The average molecular weight is 221 g/mol. The van der Waals surface area contributed by atoms with Gasteiger partial charge in [-0.25, -0.2) is 0 Å². The van der Waals surface area contributed by atoms with Crippen LogP contribution in [0, 0.1) is 12.8 Å². The quantitative estimate of drug-likeness (QED) is 0.800. The molecule has 0 spiro atoms. The van der Waals surface area contributed by atoms with Crippen LogP contribution in [0.25, 0.3) is 0 Å². The van der Waals surface area contributed by atoms with Gasteiger partial charge in [0.05, 0.1) is 6.61 Å². The summed E-state index contributed by atoms with van der Waals surface area (Å²) in [6.07, 6.45) is 2.42. The van der Waals surface area contributed by atoms with Crippen molar-refractivity contribution in [3.8, 4) is 5.75 Å². The summed E-state index contributed by atoms with van der Waals surface area (Å²) in [5, 5.41) is 0. The summed E-state index contributed by atoms with van der Waals surface area (Å²) in [6, 6.07) is 6.13. The Balaban J connectivity index is 2.65. The van der Waals surface area contributed by atoms with Gasteiger partial charge in [-0.15, -0.1) is 0 Å². The van der Waals surface area contributed by atoms with E-state index >= 15 is 0 Å². The number of hydrogen-bond acceptors (Lipinski definition) is 2. The molecule has 0 heterocycles. The minimum Gasteiger partial charge on any atom is -0.493 e. The predicted octanol–water partition coefficient (Wildman–Crippen LogP) is 3.27. The standard InChI is InChI=1S/C14H23NO/c1-4-6-11(2)10-16-14-12(3)7-5-8-13(14)9-15/h5,7-8,11H,4,6,9-10,15H2,1-3H3. The number of para-hydroxylation sites is 1. The molecule has 2 nitrogen and oxygen atoms in total. The molecule has 0 aliphatic carbocycles. The SMILES string of the molecule is CCCC(C)COc1c(C)cccc1CN. The van der Waals surface area contributed by atoms with Crippen molar-refractivity contribution in [3.05, 3.63) is 29.3 Å². The van der Waals surface area contributed by atoms with Gasteiger partial charge in [-0.1, -0.05) is 38.5 Å². The van der Waals surface area contributed by atoms with Crippen LogP contribution < -0.4 is 10.5 Å². The maximum atomic E-state index is 5.89. The van der Waals surface area contributed by atoms with Crippen LogP contribution in [0.1, 0.15) is 37.8 Å². The van der Waals surface area contributed by atoms with Crippen LogP contribution in [0.3, 0.4) is 0 Å². The van der Waals surface area contributed by atoms with E-state index < -0.39 is 0 Å². The zero-order valence-electron chi connectivity index (χ0n) is 10.6. The van der Waals surface area contributed by atoms with E-state index in [-0.39, 0.29) is 0 Å². The van der Waals surface area contributed by atoms with Crippen LogP contribution in [0.2, 0.25) is 0 Å². The van der Waals surface area contributed by atoms with Crippen LogP contribution in [0.4, 0.5) is 0 Å². The Morgan fingerprint density at radius 3 is 2.75 bits per heavy atom. The van der Waals surface area contributed by atoms with E-state index in [1.165, 1.54) is 18.4 Å². The fraction of sp³-hybridized carbons (Fsp3) is 0.571. The minimum absolute atomic E-state index is 0.541. The van der Waals surface area contributed by atoms with Crippen molar-refractivity contribution in [2.45, 2.75) is 40.2 Å². The second-order valence-electron chi connectivity index (χ2n) is 4.47. The molecule has 1 aromatic carbocycles. The summed E-state index contributed by atoms with van der Waals surface area (Å²) < 4.78 is 5.89. The van der Waals surface area contributed by atoms with Gasteiger partial charge in [0.15, 0.2) is 0 Å². The Morgan fingerprint density at radius 2 is 2.12 bits per heavy atom. The van der Waals surface area contributed by atoms with E-state index in [9.17, 15) is 0 Å². The number of hydrogen-bond donors (Lipinski definition) is 1. The first-order valence-corrected chi connectivity index (χ1v) is 6.10. The maximum Gasteiger partial charge on any atom is 0.126 e. The molecule has 90 valence electrons. The van der Waals surface area contributed by atoms with Gasteiger partial charge in [-0.3, -0.25) is 0 Å². The van der Waals surface area contributed by atoms with E-state index in [1.54, 1.807) is 0 Å². The van der Waals surface area contributed by atoms with Gasteiger partial charge in [-0.05, 0) is 24.8 Å². The summed E-state index contributed by atoms with van der Waals surface area (Å²) in [5.41, 5.74) is 7.98. The third kappa shape index (κ3) is 3.53. The van der Waals surface area contributed by atoms with Crippen LogP contribution in [-0.4, -0.2) is 6.61 Å². The van der Waals surface area contributed by atoms with Crippen LogP contribution in [-0.2, 0) is 6.54 Å². The summed E-state index contributed by atoms with van der Waals surface area (Å²) >= 11 is 0. The molecule has 0 fully saturated rings. The highest BCUT2D eigenvalue weighted by Gasteiger charge is 2.07. The summed E-state index contributed by atoms with van der Waals surface area (Å²) in [6.45, 7) is 7.82. The highest BCUT2D eigenvalue weighted by molar-refractivity contribution is 5.40. The number of ether oxygens (including phenoxy) is 1. The van der Waals surface area contributed by atoms with Gasteiger partial charge in [0.1, 0.15) is 5.75 Å². The molecule has 0 aliphatic rings. The largest absolute Gasteiger partial charge is 0.493 e. The van der Waals surface area contributed by atoms with E-state index in [2.05, 4.69) is 26.8 Å². The molecule has 0 aromatic heterocycles. The monoisotopic (exact) mass is 221 g/mol. The zero-order valence-corrected chi connectivity index (χ0v) is 10.6. The molecule has 0 aliphatic heterocycles. The Bertz CT molecular complexity index is 323. The van der Waals surface area contributed by atoms with Gasteiger partial charge in [-0.2, -0.15) is 0 Å². The molecule has 0 saturated carbocycles. The molecule has 0 bridgehead atoms. The van der Waals surface area contributed by atoms with Crippen LogP contribution >= 0.6 is 0 Å². The molecule has 1 rings (SSSR count). The number of nitrogens with two attached hydrogens (primary N) is 1. The van der Waals surface area contributed by atoms with Gasteiger partial charge in [0, 0.05) is 12.1 Å². The molecule has 1 aromatic rings. The second kappa shape index (κ2) is 6.54. The molecule has 0 amide bonds. The Kier molecular flexibility index (Phi) is 5.33. The fourth-order valence-corrected chi connectivity index (χ4v) is 1.88. The first-order chi connectivity index (χ1) is 7.69. The van der Waals surface area contributed by atoms with Crippen molar-refractivity contribution in [3.63, 3.8) is 0 Å². The summed E-state index contributed by atoms with van der Waals surface area (Å²) in [7, 11) is 0. The Labute approximate surface area is 98.8 Å². The average Bonchev–Trinajstić information content (AvgIpc) is 2.27. The van der Waals surface area contributed by atoms with Crippen molar-refractivity contribution in [1.82, 2.24) is 0 Å². The highest BCUT2D eigenvalue weighted by Crippen LogP contribution is 2.23. The van der Waals surface area contributed by atoms with E-state index in [0.29, 0.717) is 12.5 Å². The lowest BCUT2D eigenvalue weighted by atomic mass is 10.1. The highest BCUT2D eigenvalue weighted by atomic mass is 16.5. The van der Waals surface area contributed by atoms with E-state index in [4.69, 9.17) is 10.5 Å². The molecule has 2 N–H and O–H groups in total. The van der Waals surface area contributed by atoms with Crippen molar-refractivity contribution in [2.75, 3.05) is 6.61 Å². The Morgan fingerprint density at radius 1 is 1.38 bits per heavy atom. The van der Waals surface area contributed by atoms with E-state index in [0.717, 1.165) is 17.9 Å². The fourth-order valence-electron chi connectivity index (χ4n) is 1.88. The maximum absolute atomic E-state index is 5.89. The third-order valence-electron chi connectivity index (χ3n) is 2.81. The predicted molar refractivity (Wildman–Crippen MR) is 68.6 cm³/mol. The lowest BCUT2D eigenvalue weighted by Crippen LogP contribution is -2.11. The van der Waals surface area contributed by atoms with Crippen molar-refractivity contribution >= 4 is 0 Å². The summed E-state index contributed by atoms with van der Waals surface area (Å²) in [4.78, 5) is 0. The third-order valence-corrected chi connectivity index (χ3v) is 2.81. The minimum atomic E-state index is 0.541. The second-order valence-corrected chi connectivity index (χ2v) is 4.47. The first kappa shape index (κ1) is 13.0. The number of aryl methyl sites for hydroxylation is 1. The molecule has 0 saturated heterocycles. The zero-order chi connectivity index (χ0) is 12.0. The van der Waals surface area contributed by atoms with E-state index in [1.807, 2.05) is 12.1 Å². The van der Waals surface area contributed by atoms with Gasteiger partial charge >= 0.3 is 0 Å². The lowest BCUT2D eigenvalue weighted by molar-refractivity contribution is 0.248. The van der Waals surface area contributed by atoms with Gasteiger partial charge < -0.3 is 10.5 Å². The molecular formula is C14H23NO. The molecule has 0 radical (unpaired) electrons. The van der Waals surface area contributed by atoms with Crippen LogP contribution in [0.5, 0.6) is 5.75 Å². The topological polar surface area (TPSA) is 35.2 Å². The van der Waals surface area contributed by atoms with Gasteiger partial charge in [0.25, 0.3) is 0 Å². The molecule has 2 heteroatoms. The molecule has 16 heavy (non-hydrogen) atoms. The molecular weight excluding hydrogens is 198 g/mol. The summed E-state index contributed by atoms with van der Waals surface area (Å²) in [5.74, 6) is 1.59. The smallest absolute Gasteiger partial charge is 0.126 e. The molecule has 1 unspecified atom stereocenters. The number of benzene rings is 1. The van der Waals surface area contributed by atoms with Crippen LogP contribution in [0.15, 0.2) is 18.2 Å². The Hall–Kier alpha value is -1.02.